The van der Waals surface area contributed by atoms with Crippen molar-refractivity contribution in [2.75, 3.05) is 25.5 Å². The first-order valence-electron chi connectivity index (χ1n) is 9.56. The molecule has 1 amide bonds. The van der Waals surface area contributed by atoms with Gasteiger partial charge >= 0.3 is 0 Å². The first kappa shape index (κ1) is 20.5. The summed E-state index contributed by atoms with van der Waals surface area (Å²) in [5.74, 6) is 0.00927. The maximum atomic E-state index is 13.4. The summed E-state index contributed by atoms with van der Waals surface area (Å²) in [6.45, 7) is 6.50. The fourth-order valence-electron chi connectivity index (χ4n) is 3.74. The monoisotopic (exact) mass is 404 g/mol. The number of benzene rings is 1. The molecule has 0 bridgehead atoms. The molecule has 3 rings (SSSR count). The van der Waals surface area contributed by atoms with Gasteiger partial charge in [-0.15, -0.1) is 0 Å². The van der Waals surface area contributed by atoms with Crippen LogP contribution in [0, 0.1) is 13.8 Å². The molecule has 1 aromatic carbocycles. The van der Waals surface area contributed by atoms with Crippen molar-refractivity contribution in [3.05, 3.63) is 41.2 Å². The van der Waals surface area contributed by atoms with E-state index < -0.39 is 10.0 Å². The van der Waals surface area contributed by atoms with E-state index in [1.54, 1.807) is 23.1 Å². The number of nitrogens with zero attached hydrogens (tertiary/aromatic N) is 4. The highest BCUT2D eigenvalue weighted by Crippen LogP contribution is 2.33. The highest BCUT2D eigenvalue weighted by Gasteiger charge is 2.33. The Kier molecular flexibility index (Phi) is 5.63. The quantitative estimate of drug-likeness (QED) is 0.742. The molecule has 0 unspecified atom stereocenters. The lowest BCUT2D eigenvalue weighted by Gasteiger charge is -2.25. The zero-order valence-corrected chi connectivity index (χ0v) is 18.0. The molecule has 0 saturated carbocycles. The Morgan fingerprint density at radius 3 is 2.54 bits per heavy atom. The maximum Gasteiger partial charge on any atom is 0.251 e. The molecule has 1 aliphatic heterocycles. The standard InChI is InChI=1S/C20H28N4O3S/c1-6-7-19(24-15(3)12-14(2)21-24)20(25)23-11-10-16-13-17(8-9-18(16)23)28(26,27)22(4)5/h8-9,12-13,19H,6-7,10-11H2,1-5H3/t19-/m0/s1. The number of aryl methyl sites for hydroxylation is 2. The number of anilines is 1. The summed E-state index contributed by atoms with van der Waals surface area (Å²) < 4.78 is 27.8. The molecule has 1 atom stereocenters. The van der Waals surface area contributed by atoms with Crippen LogP contribution < -0.4 is 4.90 Å². The van der Waals surface area contributed by atoms with E-state index in [0.29, 0.717) is 19.4 Å². The van der Waals surface area contributed by atoms with Gasteiger partial charge in [-0.2, -0.15) is 5.10 Å². The number of carbonyl (C=O) groups is 1. The van der Waals surface area contributed by atoms with E-state index in [1.165, 1.54) is 18.4 Å². The number of sulfonamides is 1. The van der Waals surface area contributed by atoms with E-state index in [2.05, 4.69) is 12.0 Å². The molecule has 0 fully saturated rings. The van der Waals surface area contributed by atoms with E-state index >= 15 is 0 Å². The van der Waals surface area contributed by atoms with Gasteiger partial charge in [-0.25, -0.2) is 12.7 Å². The van der Waals surface area contributed by atoms with Crippen LogP contribution in [0.4, 0.5) is 5.69 Å². The highest BCUT2D eigenvalue weighted by atomic mass is 32.2. The molecule has 0 saturated heterocycles. The Labute approximate surface area is 167 Å². The molecule has 28 heavy (non-hydrogen) atoms. The van der Waals surface area contributed by atoms with Crippen molar-refractivity contribution >= 4 is 21.6 Å². The summed E-state index contributed by atoms with van der Waals surface area (Å²) in [5.41, 5.74) is 3.55. The Balaban J connectivity index is 1.94. The minimum Gasteiger partial charge on any atom is -0.310 e. The third-order valence-electron chi connectivity index (χ3n) is 5.18. The van der Waals surface area contributed by atoms with Crippen LogP contribution >= 0.6 is 0 Å². The Morgan fingerprint density at radius 1 is 1.25 bits per heavy atom. The van der Waals surface area contributed by atoms with Crippen LogP contribution in [0.25, 0.3) is 0 Å². The summed E-state index contributed by atoms with van der Waals surface area (Å²) in [6.07, 6.45) is 2.23. The fraction of sp³-hybridized carbons (Fsp3) is 0.500. The molecular formula is C20H28N4O3S. The Bertz CT molecular complexity index is 995. The van der Waals surface area contributed by atoms with Crippen molar-refractivity contribution in [2.24, 2.45) is 0 Å². The van der Waals surface area contributed by atoms with Crippen molar-refractivity contribution < 1.29 is 13.2 Å². The average Bonchev–Trinajstić information content (AvgIpc) is 3.21. The van der Waals surface area contributed by atoms with Crippen molar-refractivity contribution in [3.8, 4) is 0 Å². The van der Waals surface area contributed by atoms with Crippen molar-refractivity contribution in [3.63, 3.8) is 0 Å². The van der Waals surface area contributed by atoms with Gasteiger partial charge in [0.25, 0.3) is 5.91 Å². The van der Waals surface area contributed by atoms with Gasteiger partial charge in [0.2, 0.25) is 10.0 Å². The molecule has 0 aliphatic carbocycles. The molecule has 1 aliphatic rings. The van der Waals surface area contributed by atoms with Crippen LogP contribution in [-0.4, -0.2) is 49.1 Å². The summed E-state index contributed by atoms with van der Waals surface area (Å²) >= 11 is 0. The summed E-state index contributed by atoms with van der Waals surface area (Å²) in [6, 6.07) is 6.65. The second-order valence-corrected chi connectivity index (χ2v) is 9.65. The number of carbonyl (C=O) groups excluding carboxylic acids is 1. The molecule has 0 N–H and O–H groups in total. The number of rotatable bonds is 6. The lowest BCUT2D eigenvalue weighted by atomic mass is 10.1. The molecule has 2 aromatic rings. The van der Waals surface area contributed by atoms with Crippen LogP contribution in [0.5, 0.6) is 0 Å². The largest absolute Gasteiger partial charge is 0.310 e. The second-order valence-electron chi connectivity index (χ2n) is 7.49. The first-order valence-corrected chi connectivity index (χ1v) is 11.0. The summed E-state index contributed by atoms with van der Waals surface area (Å²) in [4.78, 5) is 15.4. The van der Waals surface area contributed by atoms with Gasteiger partial charge < -0.3 is 4.90 Å². The summed E-state index contributed by atoms with van der Waals surface area (Å²) in [7, 11) is -0.459. The SMILES string of the molecule is CCC[C@@H](C(=O)N1CCc2cc(S(=O)(=O)N(C)C)ccc21)n1nc(C)cc1C. The van der Waals surface area contributed by atoms with Gasteiger partial charge in [-0.05, 0) is 56.5 Å². The van der Waals surface area contributed by atoms with Gasteiger partial charge in [0.15, 0.2) is 0 Å². The highest BCUT2D eigenvalue weighted by molar-refractivity contribution is 7.89. The molecule has 0 radical (unpaired) electrons. The van der Waals surface area contributed by atoms with Gasteiger partial charge in [0.05, 0.1) is 10.6 Å². The van der Waals surface area contributed by atoms with Gasteiger partial charge in [0, 0.05) is 32.0 Å². The van der Waals surface area contributed by atoms with Crippen molar-refractivity contribution in [1.29, 1.82) is 0 Å². The minimum absolute atomic E-state index is 0.00927. The molecule has 7 nitrogen and oxygen atoms in total. The fourth-order valence-corrected chi connectivity index (χ4v) is 4.70. The summed E-state index contributed by atoms with van der Waals surface area (Å²) in [5, 5.41) is 4.53. The van der Waals surface area contributed by atoms with Crippen LogP contribution in [0.3, 0.4) is 0 Å². The van der Waals surface area contributed by atoms with Crippen LogP contribution in [0.2, 0.25) is 0 Å². The number of hydrogen-bond acceptors (Lipinski definition) is 4. The number of fused-ring (bicyclic) bond motifs is 1. The average molecular weight is 405 g/mol. The van der Waals surface area contributed by atoms with Gasteiger partial charge in [0.1, 0.15) is 6.04 Å². The molecule has 152 valence electrons. The van der Waals surface area contributed by atoms with Crippen molar-refractivity contribution in [2.45, 2.75) is 51.0 Å². The lowest BCUT2D eigenvalue weighted by Crippen LogP contribution is -2.37. The smallest absolute Gasteiger partial charge is 0.251 e. The number of aromatic nitrogens is 2. The molecule has 8 heteroatoms. The van der Waals surface area contributed by atoms with E-state index in [1.807, 2.05) is 24.6 Å². The number of amides is 1. The number of hydrogen-bond donors (Lipinski definition) is 0. The Hall–Kier alpha value is -2.19. The maximum absolute atomic E-state index is 13.4. The van der Waals surface area contributed by atoms with E-state index in [9.17, 15) is 13.2 Å². The predicted molar refractivity (Wildman–Crippen MR) is 109 cm³/mol. The minimum atomic E-state index is -3.49. The molecular weight excluding hydrogens is 376 g/mol. The van der Waals surface area contributed by atoms with Crippen molar-refractivity contribution in [1.82, 2.24) is 14.1 Å². The predicted octanol–water partition coefficient (Wildman–Crippen LogP) is 2.68. The van der Waals surface area contributed by atoms with Crippen LogP contribution in [0.15, 0.2) is 29.2 Å². The zero-order valence-electron chi connectivity index (χ0n) is 17.1. The van der Waals surface area contributed by atoms with Gasteiger partial charge in [-0.3, -0.25) is 9.48 Å². The van der Waals surface area contributed by atoms with Crippen LogP contribution in [0.1, 0.15) is 42.8 Å². The normalized spacial score (nSPS) is 15.1. The Morgan fingerprint density at radius 2 is 1.96 bits per heavy atom. The molecule has 2 heterocycles. The van der Waals surface area contributed by atoms with E-state index in [4.69, 9.17) is 0 Å². The molecule has 0 spiro atoms. The van der Waals surface area contributed by atoms with Crippen LogP contribution in [-0.2, 0) is 21.2 Å². The topological polar surface area (TPSA) is 75.5 Å². The first-order chi connectivity index (χ1) is 13.2. The van der Waals surface area contributed by atoms with Gasteiger partial charge in [-0.1, -0.05) is 13.3 Å². The lowest BCUT2D eigenvalue weighted by molar-refractivity contribution is -0.122. The third-order valence-corrected chi connectivity index (χ3v) is 6.99. The van der Waals surface area contributed by atoms with E-state index in [-0.39, 0.29) is 16.8 Å². The second kappa shape index (κ2) is 7.67. The third kappa shape index (κ3) is 3.58. The van der Waals surface area contributed by atoms with E-state index in [0.717, 1.165) is 29.1 Å². The zero-order chi connectivity index (χ0) is 20.6. The molecule has 1 aromatic heterocycles.